The van der Waals surface area contributed by atoms with Crippen molar-refractivity contribution in [1.82, 2.24) is 29.1 Å². The number of nitrogen functional groups attached to an aromatic ring is 1. The van der Waals surface area contributed by atoms with Crippen molar-refractivity contribution in [1.29, 1.82) is 0 Å². The van der Waals surface area contributed by atoms with Crippen LogP contribution in [-0.2, 0) is 39.0 Å². The first-order valence-electron chi connectivity index (χ1n) is 17.8. The molecule has 1 saturated heterocycles. The fourth-order valence-electron chi connectivity index (χ4n) is 6.10. The van der Waals surface area contributed by atoms with Crippen molar-refractivity contribution in [2.24, 2.45) is 7.05 Å². The van der Waals surface area contributed by atoms with Crippen molar-refractivity contribution in [3.05, 3.63) is 77.0 Å². The van der Waals surface area contributed by atoms with Gasteiger partial charge >= 0.3 is 18.0 Å². The first-order chi connectivity index (χ1) is 25.4. The van der Waals surface area contributed by atoms with Crippen LogP contribution in [0.1, 0.15) is 74.6 Å². The van der Waals surface area contributed by atoms with Crippen LogP contribution in [0.5, 0.6) is 0 Å². The van der Waals surface area contributed by atoms with Gasteiger partial charge in [-0.05, 0) is 83.7 Å². The van der Waals surface area contributed by atoms with Gasteiger partial charge in [-0.15, -0.1) is 0 Å². The fraction of sp³-hybridized carbons (Fsp3) is 0.436. The highest BCUT2D eigenvalue weighted by atomic mass is 35.5. The van der Waals surface area contributed by atoms with Crippen LogP contribution in [0.25, 0.3) is 22.4 Å². The number of nitrogens with two attached hydrogens (primary N) is 1. The average molecular weight is 762 g/mol. The number of esters is 2. The summed E-state index contributed by atoms with van der Waals surface area (Å²) in [5, 5.41) is 5.06. The molecular formula is C39H48ClN7O7. The van der Waals surface area contributed by atoms with Crippen molar-refractivity contribution in [2.45, 2.75) is 72.1 Å². The van der Waals surface area contributed by atoms with E-state index in [0.717, 1.165) is 22.4 Å². The van der Waals surface area contributed by atoms with Crippen LogP contribution in [0.2, 0.25) is 5.02 Å². The fourth-order valence-corrected chi connectivity index (χ4v) is 6.37. The Kier molecular flexibility index (Phi) is 12.0. The van der Waals surface area contributed by atoms with Gasteiger partial charge in [0, 0.05) is 50.7 Å². The SMILES string of the molecule is CCOC(=O)c1ncc(-c2ccc(-c3cn(CC(=O)OC(C)(C)C)nc3CCC(C)(C)OC(=O)N3CCN(C(=O)c4ccc(N)cc4Cl)CC3)cc2)n1C. The molecular weight excluding hydrogens is 714 g/mol. The van der Waals surface area contributed by atoms with Crippen LogP contribution in [0.4, 0.5) is 10.5 Å². The quantitative estimate of drug-likeness (QED) is 0.109. The molecule has 1 aliphatic rings. The second kappa shape index (κ2) is 16.3. The summed E-state index contributed by atoms with van der Waals surface area (Å²) in [5.41, 5.74) is 9.08. The molecule has 5 rings (SSSR count). The second-order valence-corrected chi connectivity index (χ2v) is 15.2. The molecule has 288 valence electrons. The van der Waals surface area contributed by atoms with Gasteiger partial charge in [-0.25, -0.2) is 14.6 Å². The molecule has 4 aromatic rings. The van der Waals surface area contributed by atoms with Crippen molar-refractivity contribution in [3.8, 4) is 22.4 Å². The van der Waals surface area contributed by atoms with Gasteiger partial charge < -0.3 is 34.3 Å². The zero-order valence-corrected chi connectivity index (χ0v) is 32.6. The summed E-state index contributed by atoms with van der Waals surface area (Å²) in [5.74, 6) is -0.916. The first kappa shape index (κ1) is 39.8. The summed E-state index contributed by atoms with van der Waals surface area (Å²) in [7, 11) is 1.76. The third-order valence-electron chi connectivity index (χ3n) is 8.86. The Morgan fingerprint density at radius 1 is 0.907 bits per heavy atom. The maximum Gasteiger partial charge on any atom is 0.410 e. The maximum atomic E-state index is 13.3. The number of anilines is 1. The molecule has 3 heterocycles. The van der Waals surface area contributed by atoms with Crippen LogP contribution < -0.4 is 5.73 Å². The van der Waals surface area contributed by atoms with E-state index in [1.807, 2.05) is 65.1 Å². The molecule has 2 aromatic carbocycles. The van der Waals surface area contributed by atoms with E-state index < -0.39 is 29.2 Å². The maximum absolute atomic E-state index is 13.3. The summed E-state index contributed by atoms with van der Waals surface area (Å²) < 4.78 is 19.9. The largest absolute Gasteiger partial charge is 0.460 e. The topological polar surface area (TPSA) is 164 Å². The predicted octanol–water partition coefficient (Wildman–Crippen LogP) is 6.01. The second-order valence-electron chi connectivity index (χ2n) is 14.7. The minimum Gasteiger partial charge on any atom is -0.460 e. The number of imidazole rings is 1. The van der Waals surface area contributed by atoms with E-state index >= 15 is 0 Å². The van der Waals surface area contributed by atoms with Crippen LogP contribution in [0.3, 0.4) is 0 Å². The number of ether oxygens (including phenoxy) is 3. The van der Waals surface area contributed by atoms with E-state index in [1.54, 1.807) is 57.4 Å². The number of carbonyl (C=O) groups excluding carboxylic acids is 4. The predicted molar refractivity (Wildman–Crippen MR) is 204 cm³/mol. The van der Waals surface area contributed by atoms with Gasteiger partial charge in [0.1, 0.15) is 17.7 Å². The molecule has 15 heteroatoms. The van der Waals surface area contributed by atoms with Crippen molar-refractivity contribution < 1.29 is 33.4 Å². The number of hydrogen-bond acceptors (Lipinski definition) is 10. The summed E-state index contributed by atoms with van der Waals surface area (Å²) in [4.78, 5) is 58.9. The molecule has 0 radical (unpaired) electrons. The molecule has 2 N–H and O–H groups in total. The summed E-state index contributed by atoms with van der Waals surface area (Å²) in [6.07, 6.45) is 3.85. The Labute approximate surface area is 320 Å². The number of hydrogen-bond donors (Lipinski definition) is 1. The third kappa shape index (κ3) is 9.78. The Morgan fingerprint density at radius 2 is 1.56 bits per heavy atom. The molecule has 0 bridgehead atoms. The first-order valence-corrected chi connectivity index (χ1v) is 18.2. The normalized spacial score (nSPS) is 13.5. The van der Waals surface area contributed by atoms with Gasteiger partial charge in [0.15, 0.2) is 0 Å². The van der Waals surface area contributed by atoms with E-state index in [4.69, 9.17) is 36.6 Å². The molecule has 0 saturated carbocycles. The molecule has 0 spiro atoms. The lowest BCUT2D eigenvalue weighted by Crippen LogP contribution is -2.51. The molecule has 14 nitrogen and oxygen atoms in total. The summed E-state index contributed by atoms with van der Waals surface area (Å²) in [6.45, 7) is 12.3. The number of aryl methyl sites for hydroxylation is 1. The van der Waals surface area contributed by atoms with Crippen LogP contribution in [0.15, 0.2) is 54.9 Å². The minimum absolute atomic E-state index is 0.0780. The number of halogens is 1. The molecule has 1 fully saturated rings. The monoisotopic (exact) mass is 761 g/mol. The number of piperazine rings is 1. The Hall–Kier alpha value is -5.37. The number of rotatable bonds is 11. The molecule has 1 aliphatic heterocycles. The lowest BCUT2D eigenvalue weighted by atomic mass is 9.97. The van der Waals surface area contributed by atoms with Crippen LogP contribution in [0, 0.1) is 0 Å². The third-order valence-corrected chi connectivity index (χ3v) is 9.18. The molecule has 2 aromatic heterocycles. The zero-order chi connectivity index (χ0) is 39.4. The zero-order valence-electron chi connectivity index (χ0n) is 31.8. The van der Waals surface area contributed by atoms with Crippen molar-refractivity contribution >= 4 is 41.2 Å². The lowest BCUT2D eigenvalue weighted by Gasteiger charge is -2.36. The van der Waals surface area contributed by atoms with E-state index in [0.29, 0.717) is 56.0 Å². The number of carbonyl (C=O) groups is 4. The Morgan fingerprint density at radius 3 is 2.19 bits per heavy atom. The Bertz CT molecular complexity index is 2010. The van der Waals surface area contributed by atoms with Crippen molar-refractivity contribution in [2.75, 3.05) is 38.5 Å². The number of aromatic nitrogens is 4. The number of nitrogens with zero attached hydrogens (tertiary/aromatic N) is 6. The van der Waals surface area contributed by atoms with E-state index in [-0.39, 0.29) is 29.9 Å². The molecule has 0 aliphatic carbocycles. The molecule has 54 heavy (non-hydrogen) atoms. The molecule has 2 amide bonds. The van der Waals surface area contributed by atoms with Gasteiger partial charge in [0.25, 0.3) is 5.91 Å². The highest BCUT2D eigenvalue weighted by Gasteiger charge is 2.31. The summed E-state index contributed by atoms with van der Waals surface area (Å²) >= 11 is 6.26. The smallest absolute Gasteiger partial charge is 0.410 e. The lowest BCUT2D eigenvalue weighted by molar-refractivity contribution is -0.155. The van der Waals surface area contributed by atoms with Gasteiger partial charge in [0.2, 0.25) is 5.82 Å². The average Bonchev–Trinajstić information content (AvgIpc) is 3.69. The standard InChI is InChI=1S/C39H48ClN7O7/c1-8-52-36(50)34-42-22-32(44(34)7)26-11-9-25(10-12-26)29-23-47(24-33(48)53-38(2,3)4)43-31(29)15-16-39(5,6)54-37(51)46-19-17-45(18-20-46)35(49)28-14-13-27(41)21-30(28)40/h9-14,21-23H,8,15-20,24,41H2,1-7H3. The van der Waals surface area contributed by atoms with Gasteiger partial charge in [-0.2, -0.15) is 5.10 Å². The molecule has 0 atom stereocenters. The number of amides is 2. The van der Waals surface area contributed by atoms with Crippen molar-refractivity contribution in [3.63, 3.8) is 0 Å². The summed E-state index contributed by atoms with van der Waals surface area (Å²) in [6, 6.07) is 12.5. The van der Waals surface area contributed by atoms with Gasteiger partial charge in [0.05, 0.1) is 34.8 Å². The highest BCUT2D eigenvalue weighted by molar-refractivity contribution is 6.34. The molecule has 0 unspecified atom stereocenters. The Balaban J connectivity index is 1.27. The van der Waals surface area contributed by atoms with E-state index in [2.05, 4.69) is 4.98 Å². The van der Waals surface area contributed by atoms with Gasteiger partial charge in [-0.3, -0.25) is 14.3 Å². The van der Waals surface area contributed by atoms with E-state index in [1.165, 1.54) is 0 Å². The highest BCUT2D eigenvalue weighted by Crippen LogP contribution is 2.30. The van der Waals surface area contributed by atoms with Crippen LogP contribution >= 0.6 is 11.6 Å². The number of benzene rings is 2. The minimum atomic E-state index is -0.867. The van der Waals surface area contributed by atoms with Crippen LogP contribution in [-0.4, -0.2) is 97.1 Å². The van der Waals surface area contributed by atoms with E-state index in [9.17, 15) is 19.2 Å². The van der Waals surface area contributed by atoms with Gasteiger partial charge in [-0.1, -0.05) is 35.9 Å².